The van der Waals surface area contributed by atoms with Crippen LogP contribution in [0.25, 0.3) is 0 Å². The first kappa shape index (κ1) is 19.5. The van der Waals surface area contributed by atoms with Gasteiger partial charge in [-0.25, -0.2) is 0 Å². The minimum Gasteiger partial charge on any atom is -0.373 e. The van der Waals surface area contributed by atoms with Crippen LogP contribution in [0.3, 0.4) is 0 Å². The van der Waals surface area contributed by atoms with Gasteiger partial charge in [0.05, 0.1) is 6.10 Å². The third-order valence-corrected chi connectivity index (χ3v) is 5.01. The lowest BCUT2D eigenvalue weighted by Gasteiger charge is -2.31. The highest BCUT2D eigenvalue weighted by molar-refractivity contribution is 5.79. The number of nitrogens with zero attached hydrogens (tertiary/aromatic N) is 2. The third-order valence-electron chi connectivity index (χ3n) is 5.01. The largest absolute Gasteiger partial charge is 0.373 e. The summed E-state index contributed by atoms with van der Waals surface area (Å²) in [6.45, 7) is 8.47. The highest BCUT2D eigenvalue weighted by atomic mass is 16.5. The molecule has 1 aliphatic heterocycles. The van der Waals surface area contributed by atoms with Gasteiger partial charge in [-0.2, -0.15) is 0 Å². The molecule has 0 saturated carbocycles. The molecular formula is C22H32N4O. The third kappa shape index (κ3) is 5.86. The molecule has 2 atom stereocenters. The molecule has 5 nitrogen and oxygen atoms in total. The van der Waals surface area contributed by atoms with Crippen molar-refractivity contribution >= 4 is 5.96 Å². The van der Waals surface area contributed by atoms with Gasteiger partial charge in [-0.3, -0.25) is 4.99 Å². The molecule has 1 aliphatic rings. The maximum absolute atomic E-state index is 6.13. The topological polar surface area (TPSA) is 50.6 Å². The normalized spacial score (nSPS) is 20.4. The Morgan fingerprint density at radius 2 is 1.96 bits per heavy atom. The molecule has 27 heavy (non-hydrogen) atoms. The predicted molar refractivity (Wildman–Crippen MR) is 111 cm³/mol. The highest BCUT2D eigenvalue weighted by Crippen LogP contribution is 2.33. The van der Waals surface area contributed by atoms with E-state index >= 15 is 0 Å². The first-order chi connectivity index (χ1) is 13.3. The summed E-state index contributed by atoms with van der Waals surface area (Å²) in [5.41, 5.74) is 2.55. The summed E-state index contributed by atoms with van der Waals surface area (Å²) in [4.78, 5) is 4.85. The Labute approximate surface area is 162 Å². The summed E-state index contributed by atoms with van der Waals surface area (Å²) in [7, 11) is 0. The molecule has 2 unspecified atom stereocenters. The Kier molecular flexibility index (Phi) is 7.34. The van der Waals surface area contributed by atoms with Crippen LogP contribution < -0.4 is 10.6 Å². The smallest absolute Gasteiger partial charge is 0.191 e. The van der Waals surface area contributed by atoms with E-state index in [0.29, 0.717) is 5.92 Å². The lowest BCUT2D eigenvalue weighted by Crippen LogP contribution is -2.39. The summed E-state index contributed by atoms with van der Waals surface area (Å²) < 4.78 is 8.29. The second-order valence-electron chi connectivity index (χ2n) is 7.17. The fourth-order valence-corrected chi connectivity index (χ4v) is 3.53. The van der Waals surface area contributed by atoms with Gasteiger partial charge in [-0.05, 0) is 44.4 Å². The van der Waals surface area contributed by atoms with Gasteiger partial charge >= 0.3 is 0 Å². The van der Waals surface area contributed by atoms with Crippen LogP contribution in [-0.4, -0.2) is 36.8 Å². The SMILES string of the molecule is CCNC(=NCC1CCCOC1c1ccc(C)cc1)NCCn1cccc1. The Balaban J connectivity index is 1.59. The first-order valence-corrected chi connectivity index (χ1v) is 10.1. The van der Waals surface area contributed by atoms with E-state index in [9.17, 15) is 0 Å². The predicted octanol–water partition coefficient (Wildman–Crippen LogP) is 3.52. The van der Waals surface area contributed by atoms with Crippen LogP contribution in [-0.2, 0) is 11.3 Å². The van der Waals surface area contributed by atoms with Crippen molar-refractivity contribution in [2.24, 2.45) is 10.9 Å². The van der Waals surface area contributed by atoms with Gasteiger partial charge in [0, 0.05) is 51.1 Å². The van der Waals surface area contributed by atoms with Crippen LogP contribution in [0.2, 0.25) is 0 Å². The van der Waals surface area contributed by atoms with Crippen LogP contribution in [0.4, 0.5) is 0 Å². The van der Waals surface area contributed by atoms with E-state index < -0.39 is 0 Å². The van der Waals surface area contributed by atoms with E-state index in [-0.39, 0.29) is 6.10 Å². The zero-order chi connectivity index (χ0) is 18.9. The Morgan fingerprint density at radius 1 is 1.19 bits per heavy atom. The van der Waals surface area contributed by atoms with E-state index in [1.54, 1.807) is 0 Å². The summed E-state index contributed by atoms with van der Waals surface area (Å²) in [5, 5.41) is 6.79. The Hall–Kier alpha value is -2.27. The van der Waals surface area contributed by atoms with E-state index in [1.807, 2.05) is 12.1 Å². The number of hydrogen-bond acceptors (Lipinski definition) is 2. The van der Waals surface area contributed by atoms with Crippen LogP contribution in [0.1, 0.15) is 37.0 Å². The molecule has 1 saturated heterocycles. The fraction of sp³-hybridized carbons (Fsp3) is 0.500. The number of aryl methyl sites for hydroxylation is 1. The maximum atomic E-state index is 6.13. The summed E-state index contributed by atoms with van der Waals surface area (Å²) >= 11 is 0. The van der Waals surface area contributed by atoms with Crippen molar-refractivity contribution in [1.29, 1.82) is 0 Å². The molecule has 1 aromatic carbocycles. The van der Waals surface area contributed by atoms with Gasteiger partial charge in [0.25, 0.3) is 0 Å². The second kappa shape index (κ2) is 10.2. The maximum Gasteiger partial charge on any atom is 0.191 e. The summed E-state index contributed by atoms with van der Waals surface area (Å²) in [5.74, 6) is 1.30. The molecule has 146 valence electrons. The molecule has 0 bridgehead atoms. The molecular weight excluding hydrogens is 336 g/mol. The average Bonchev–Trinajstić information content (AvgIpc) is 3.20. The second-order valence-corrected chi connectivity index (χ2v) is 7.17. The molecule has 1 fully saturated rings. The highest BCUT2D eigenvalue weighted by Gasteiger charge is 2.27. The zero-order valence-corrected chi connectivity index (χ0v) is 16.5. The van der Waals surface area contributed by atoms with E-state index in [1.165, 1.54) is 11.1 Å². The molecule has 3 rings (SSSR count). The van der Waals surface area contributed by atoms with Gasteiger partial charge in [0.1, 0.15) is 0 Å². The monoisotopic (exact) mass is 368 g/mol. The van der Waals surface area contributed by atoms with Crippen molar-refractivity contribution in [3.63, 3.8) is 0 Å². The molecule has 0 spiro atoms. The first-order valence-electron chi connectivity index (χ1n) is 10.1. The Morgan fingerprint density at radius 3 is 2.70 bits per heavy atom. The average molecular weight is 369 g/mol. The lowest BCUT2D eigenvalue weighted by atomic mass is 9.89. The quantitative estimate of drug-likeness (QED) is 0.581. The molecule has 0 radical (unpaired) electrons. The molecule has 2 heterocycles. The van der Waals surface area contributed by atoms with E-state index in [0.717, 1.165) is 51.6 Å². The number of benzene rings is 1. The number of aromatic nitrogens is 1. The minimum absolute atomic E-state index is 0.144. The van der Waals surface area contributed by atoms with Crippen LogP contribution >= 0.6 is 0 Å². The van der Waals surface area contributed by atoms with E-state index in [2.05, 4.69) is 65.7 Å². The lowest BCUT2D eigenvalue weighted by molar-refractivity contribution is -0.0250. The van der Waals surface area contributed by atoms with Crippen molar-refractivity contribution in [3.05, 3.63) is 59.9 Å². The molecule has 5 heteroatoms. The van der Waals surface area contributed by atoms with Gasteiger partial charge in [0.15, 0.2) is 5.96 Å². The van der Waals surface area contributed by atoms with Gasteiger partial charge in [-0.15, -0.1) is 0 Å². The number of rotatable bonds is 7. The van der Waals surface area contributed by atoms with Crippen molar-refractivity contribution in [2.45, 2.75) is 39.3 Å². The van der Waals surface area contributed by atoms with Crippen LogP contribution in [0, 0.1) is 12.8 Å². The van der Waals surface area contributed by atoms with Gasteiger partial charge in [-0.1, -0.05) is 29.8 Å². The fourth-order valence-electron chi connectivity index (χ4n) is 3.53. The number of nitrogens with one attached hydrogen (secondary N) is 2. The van der Waals surface area contributed by atoms with Crippen molar-refractivity contribution in [2.75, 3.05) is 26.2 Å². The number of hydrogen-bond donors (Lipinski definition) is 2. The van der Waals surface area contributed by atoms with E-state index in [4.69, 9.17) is 9.73 Å². The van der Waals surface area contributed by atoms with Crippen molar-refractivity contribution in [3.8, 4) is 0 Å². The van der Waals surface area contributed by atoms with Crippen LogP contribution in [0.15, 0.2) is 53.8 Å². The number of guanidine groups is 1. The van der Waals surface area contributed by atoms with Gasteiger partial charge < -0.3 is 19.9 Å². The summed E-state index contributed by atoms with van der Waals surface area (Å²) in [6.07, 6.45) is 6.57. The molecule has 0 amide bonds. The molecule has 0 aliphatic carbocycles. The number of ether oxygens (including phenoxy) is 1. The standard InChI is InChI=1S/C22H32N4O/c1-3-23-22(24-12-15-26-13-4-5-14-26)25-17-20-7-6-16-27-21(20)19-10-8-18(2)9-11-19/h4-5,8-11,13-14,20-21H,3,6-7,12,15-17H2,1-2H3,(H2,23,24,25). The zero-order valence-electron chi connectivity index (χ0n) is 16.5. The van der Waals surface area contributed by atoms with Gasteiger partial charge in [0.2, 0.25) is 0 Å². The summed E-state index contributed by atoms with van der Waals surface area (Å²) in [6, 6.07) is 12.8. The minimum atomic E-state index is 0.144. The van der Waals surface area contributed by atoms with Crippen molar-refractivity contribution < 1.29 is 4.74 Å². The molecule has 2 N–H and O–H groups in total. The van der Waals surface area contributed by atoms with Crippen molar-refractivity contribution in [1.82, 2.24) is 15.2 Å². The number of aliphatic imine (C=N–C) groups is 1. The Bertz CT molecular complexity index is 694. The molecule has 1 aromatic heterocycles. The van der Waals surface area contributed by atoms with Crippen LogP contribution in [0.5, 0.6) is 0 Å². The molecule has 2 aromatic rings.